The van der Waals surface area contributed by atoms with Gasteiger partial charge in [0.05, 0.1) is 33.8 Å². The van der Waals surface area contributed by atoms with Gasteiger partial charge in [0.25, 0.3) is 15.6 Å². The highest BCUT2D eigenvalue weighted by Crippen LogP contribution is 2.56. The molecule has 76 heavy (non-hydrogen) atoms. The summed E-state index contributed by atoms with van der Waals surface area (Å²) in [6.07, 6.45) is 19.3. The van der Waals surface area contributed by atoms with Crippen LogP contribution in [0.2, 0.25) is 0 Å². The quantitative estimate of drug-likeness (QED) is 0.0341. The van der Waals surface area contributed by atoms with Crippen LogP contribution in [0.1, 0.15) is 181 Å². The first-order valence-corrected chi connectivity index (χ1v) is 31.8. The zero-order valence-electron chi connectivity index (χ0n) is 44.1. The van der Waals surface area contributed by atoms with E-state index in [1.165, 1.54) is 123 Å². The monoisotopic (exact) mass is 1160 g/mol. The van der Waals surface area contributed by atoms with Crippen LogP contribution in [0.4, 0.5) is 5.82 Å². The molecule has 1 fully saturated rings. The number of amides is 2. The lowest BCUT2D eigenvalue weighted by molar-refractivity contribution is -0.347. The molecule has 1 aliphatic heterocycles. The average molecular weight is 1160 g/mol. The molecule has 3 rings (SSSR count). The van der Waals surface area contributed by atoms with Crippen molar-refractivity contribution in [2.24, 2.45) is 5.41 Å². The summed E-state index contributed by atoms with van der Waals surface area (Å²) in [6, 6.07) is 0. The maximum Gasteiger partial charge on any atom is 0.274 e. The first-order chi connectivity index (χ1) is 35.9. The van der Waals surface area contributed by atoms with Gasteiger partial charge in [-0.15, -0.1) is 0 Å². The number of hydrogen-bond acceptors (Lipinski definition) is 23. The van der Waals surface area contributed by atoms with Gasteiger partial charge in [0, 0.05) is 37.1 Å². The number of carbonyl (C=O) groups excluding carboxylic acids is 4. The number of nitrogens with one attached hydrogen (secondary N) is 2. The summed E-state index contributed by atoms with van der Waals surface area (Å²) in [5, 5.41) is 26.1. The van der Waals surface area contributed by atoms with Gasteiger partial charge in [-0.3, -0.25) is 32.9 Å². The van der Waals surface area contributed by atoms with E-state index in [0.717, 1.165) is 54.7 Å². The number of carbonyl (C=O) groups is 4. The lowest BCUT2D eigenvalue weighted by Gasteiger charge is -2.36. The lowest BCUT2D eigenvalue weighted by atomic mass is 9.87. The summed E-state index contributed by atoms with van der Waals surface area (Å²) in [6.45, 7) is 2.21. The fourth-order valence-corrected chi connectivity index (χ4v) is 11.8. The summed E-state index contributed by atoms with van der Waals surface area (Å²) in [4.78, 5) is 109. The van der Waals surface area contributed by atoms with Gasteiger partial charge in [0.15, 0.2) is 22.8 Å². The van der Waals surface area contributed by atoms with E-state index >= 15 is 0 Å². The van der Waals surface area contributed by atoms with E-state index in [-0.39, 0.29) is 59.6 Å². The van der Waals surface area contributed by atoms with Crippen LogP contribution < -0.4 is 35.9 Å². The Hall–Kier alpha value is -2.77. The largest absolute Gasteiger partial charge is 0.790 e. The molecule has 0 bridgehead atoms. The van der Waals surface area contributed by atoms with Crippen molar-refractivity contribution in [2.75, 3.05) is 37.8 Å². The Morgan fingerprint density at radius 1 is 0.789 bits per heavy atom. The predicted octanol–water partition coefficient (Wildman–Crippen LogP) is 4.70. The molecule has 6 N–H and O–H groups in total. The number of fused-ring (bicyclic) bond motifs is 1. The van der Waals surface area contributed by atoms with Gasteiger partial charge >= 0.3 is 0 Å². The summed E-state index contributed by atoms with van der Waals surface area (Å²) in [5.74, 6) is -1.50. The molecule has 2 aromatic heterocycles. The van der Waals surface area contributed by atoms with Crippen LogP contribution in [0.5, 0.6) is 0 Å². The smallest absolute Gasteiger partial charge is 0.274 e. The molecule has 29 heteroatoms. The fraction of sp³-hybridized carbons (Fsp3) is 0.809. The number of thioether (sulfide) groups is 1. The number of aromatic nitrogens is 4. The molecule has 0 radical (unpaired) electrons. The number of phosphoric acid groups is 3. The van der Waals surface area contributed by atoms with E-state index in [1.807, 2.05) is 0 Å². The summed E-state index contributed by atoms with van der Waals surface area (Å²) < 4.78 is 60.9. The SMILES string of the molecule is CCCCCCCCCCCCCCCCCCCCCCCC(=O)CC(=O)SCCNC(=O)CCNC(=O)[C@H](O)C(C)(C)COP(=O)([O-])OP(=O)([O-])OC[C@H]1O[C@@H](n2cnc3c(N)ncnc32)[C@H](O)[C@@H]1OP(=O)([O-])[O-]. The Labute approximate surface area is 450 Å². The Balaban J connectivity index is 1.22. The number of aliphatic hydroxyl groups excluding tert-OH is 2. The molecule has 2 aromatic rings. The predicted molar refractivity (Wildman–Crippen MR) is 275 cm³/mol. The number of anilines is 1. The van der Waals surface area contributed by atoms with Gasteiger partial charge in [-0.1, -0.05) is 161 Å². The number of rotatable bonds is 43. The van der Waals surface area contributed by atoms with Crippen molar-refractivity contribution < 1.29 is 85.3 Å². The summed E-state index contributed by atoms with van der Waals surface area (Å²) in [5.41, 5.74) is 4.06. The third-order valence-corrected chi connectivity index (χ3v) is 16.5. The number of ether oxygens (including phenoxy) is 1. The number of aliphatic hydroxyl groups is 2. The van der Waals surface area contributed by atoms with Crippen molar-refractivity contribution in [1.82, 2.24) is 30.2 Å². The molecule has 25 nitrogen and oxygen atoms in total. The van der Waals surface area contributed by atoms with Crippen molar-refractivity contribution in [3.63, 3.8) is 0 Å². The fourth-order valence-electron chi connectivity index (χ4n) is 8.33. The molecular weight excluding hydrogens is 1080 g/mol. The molecule has 2 unspecified atom stereocenters. The molecule has 1 saturated heterocycles. The highest BCUT2D eigenvalue weighted by atomic mass is 32.2. The zero-order chi connectivity index (χ0) is 56.2. The molecule has 0 saturated carbocycles. The average Bonchev–Trinajstić information content (AvgIpc) is 3.91. The summed E-state index contributed by atoms with van der Waals surface area (Å²) >= 11 is 0.934. The topological polar surface area (TPSA) is 392 Å². The second-order valence-corrected chi connectivity index (χ2v) is 25.0. The standard InChI is InChI=1S/C47H84N7O18P3S/c1-4-5-6-7-8-9-10-11-12-13-14-15-16-17-18-19-20-21-22-23-24-25-35(55)30-38(57)76-29-28-49-37(56)26-27-50-45(60)42(59)47(2,3)32-69-75(66,67)72-74(64,65)68-31-36-41(71-73(61,62)63)40(58)46(70-36)54-34-53-39-43(48)51-33-52-44(39)54/h33-34,36,40-42,46,58-59H,4-32H2,1-3H3,(H,49,56)(H,50,60)(H,64,65)(H,66,67)(H2,48,51,52)(H2,61,62,63)/p-4/t36-,40-,41-,42+,46-/m1/s1. The number of nitrogens with two attached hydrogens (primary N) is 1. The molecule has 436 valence electrons. The number of nitrogen functional groups attached to an aromatic ring is 1. The van der Waals surface area contributed by atoms with Gasteiger partial charge in [-0.25, -0.2) is 19.3 Å². The van der Waals surface area contributed by atoms with Gasteiger partial charge in [-0.2, -0.15) is 0 Å². The van der Waals surface area contributed by atoms with Gasteiger partial charge in [0.2, 0.25) is 11.8 Å². The van der Waals surface area contributed by atoms with Crippen LogP contribution in [0.15, 0.2) is 12.7 Å². The number of hydrogen-bond donors (Lipinski definition) is 5. The molecule has 7 atom stereocenters. The maximum atomic E-state index is 12.7. The minimum absolute atomic E-state index is 0.0247. The third-order valence-electron chi connectivity index (χ3n) is 12.6. The van der Waals surface area contributed by atoms with Crippen LogP contribution in [-0.4, -0.2) is 109 Å². The van der Waals surface area contributed by atoms with Gasteiger partial charge < -0.3 is 69.0 Å². The molecule has 2 amide bonds. The Kier molecular flexibility index (Phi) is 31.1. The maximum absolute atomic E-state index is 12.7. The van der Waals surface area contributed by atoms with E-state index < -0.39 is 84.6 Å². The number of unbranched alkanes of at least 4 members (excludes halogenated alkanes) is 20. The number of phosphoric ester groups is 3. The van der Waals surface area contributed by atoms with Crippen LogP contribution >= 0.6 is 35.2 Å². The molecule has 3 heterocycles. The van der Waals surface area contributed by atoms with E-state index in [4.69, 9.17) is 10.5 Å². The van der Waals surface area contributed by atoms with Crippen molar-refractivity contribution in [3.05, 3.63) is 12.7 Å². The lowest BCUT2D eigenvalue weighted by Crippen LogP contribution is -2.46. The molecular formula is C47H80N7O18P3S-4. The van der Waals surface area contributed by atoms with Crippen LogP contribution in [0.3, 0.4) is 0 Å². The first-order valence-electron chi connectivity index (χ1n) is 26.4. The minimum Gasteiger partial charge on any atom is -0.790 e. The van der Waals surface area contributed by atoms with Crippen LogP contribution in [0, 0.1) is 5.41 Å². The third kappa shape index (κ3) is 26.9. The van der Waals surface area contributed by atoms with E-state index in [1.54, 1.807) is 0 Å². The van der Waals surface area contributed by atoms with Crippen LogP contribution in [0.25, 0.3) is 11.2 Å². The number of Topliss-reactive ketones (excluding diaryl/α,β-unsaturated/α-hetero) is 1. The van der Waals surface area contributed by atoms with Crippen LogP contribution in [-0.2, 0) is 55.5 Å². The second kappa shape index (κ2) is 35.1. The normalized spacial score (nSPS) is 19.1. The first kappa shape index (κ1) is 67.5. The molecule has 1 aliphatic rings. The second-order valence-electron chi connectivity index (χ2n) is 19.7. The van der Waals surface area contributed by atoms with E-state index in [9.17, 15) is 62.7 Å². The zero-order valence-corrected chi connectivity index (χ0v) is 47.6. The Bertz CT molecular complexity index is 2220. The van der Waals surface area contributed by atoms with Crippen molar-refractivity contribution in [1.29, 1.82) is 0 Å². The van der Waals surface area contributed by atoms with Gasteiger partial charge in [-0.05, 0) is 6.42 Å². The molecule has 0 spiro atoms. The minimum atomic E-state index is -5.94. The Morgan fingerprint density at radius 3 is 1.88 bits per heavy atom. The highest BCUT2D eigenvalue weighted by molar-refractivity contribution is 8.13. The molecule has 0 aliphatic carbocycles. The van der Waals surface area contributed by atoms with E-state index in [2.05, 4.69) is 50.4 Å². The Morgan fingerprint density at radius 2 is 1.33 bits per heavy atom. The van der Waals surface area contributed by atoms with Crippen molar-refractivity contribution >= 4 is 74.9 Å². The summed E-state index contributed by atoms with van der Waals surface area (Å²) in [7, 11) is -17.7. The van der Waals surface area contributed by atoms with Crippen molar-refractivity contribution in [2.45, 2.75) is 206 Å². The highest BCUT2D eigenvalue weighted by Gasteiger charge is 2.47. The van der Waals surface area contributed by atoms with E-state index in [0.29, 0.717) is 6.42 Å². The molecule has 0 aromatic carbocycles. The number of ketones is 1. The van der Waals surface area contributed by atoms with Crippen molar-refractivity contribution in [3.8, 4) is 0 Å². The number of imidazole rings is 1. The number of nitrogens with zero attached hydrogens (tertiary/aromatic N) is 4. The van der Waals surface area contributed by atoms with Gasteiger partial charge in [0.1, 0.15) is 42.0 Å².